The quantitative estimate of drug-likeness (QED) is 0.504. The highest BCUT2D eigenvalue weighted by molar-refractivity contribution is 5.24. The van der Waals surface area contributed by atoms with Crippen molar-refractivity contribution < 1.29 is 9.84 Å². The Bertz CT molecular complexity index is 524. The summed E-state index contributed by atoms with van der Waals surface area (Å²) in [7, 11) is 0. The summed E-state index contributed by atoms with van der Waals surface area (Å²) in [5.41, 5.74) is 1.87. The minimum atomic E-state index is -0.696. The average Bonchev–Trinajstić information content (AvgIpc) is 2.59. The molecule has 0 aromatic rings. The Balaban J connectivity index is 2.09. The summed E-state index contributed by atoms with van der Waals surface area (Å²) in [6.45, 7) is 16.2. The molecule has 2 heteroatoms. The van der Waals surface area contributed by atoms with Crippen molar-refractivity contribution in [3.63, 3.8) is 0 Å². The van der Waals surface area contributed by atoms with E-state index < -0.39 is 6.29 Å². The van der Waals surface area contributed by atoms with Gasteiger partial charge in [-0.15, -0.1) is 0 Å². The van der Waals surface area contributed by atoms with Gasteiger partial charge < -0.3 is 9.84 Å². The van der Waals surface area contributed by atoms with Crippen LogP contribution in [0.4, 0.5) is 0 Å². The first kappa shape index (κ1) is 22.7. The molecule has 0 aromatic carbocycles. The monoisotopic (exact) mass is 376 g/mol. The second-order valence-corrected chi connectivity index (χ2v) is 11.3. The van der Waals surface area contributed by atoms with Crippen LogP contribution in [0, 0.1) is 22.7 Å². The molecule has 0 aromatic heterocycles. The molecule has 1 saturated carbocycles. The first-order valence-corrected chi connectivity index (χ1v) is 11.2. The third kappa shape index (κ3) is 6.46. The third-order valence-electron chi connectivity index (χ3n) is 6.60. The molecular formula is C25H44O2. The predicted octanol–water partition coefficient (Wildman–Crippen LogP) is 7.04. The summed E-state index contributed by atoms with van der Waals surface area (Å²) >= 11 is 0. The van der Waals surface area contributed by atoms with Gasteiger partial charge in [0.1, 0.15) is 0 Å². The first-order valence-electron chi connectivity index (χ1n) is 11.2. The van der Waals surface area contributed by atoms with Gasteiger partial charge in [0, 0.05) is 5.92 Å². The van der Waals surface area contributed by atoms with Crippen LogP contribution in [0.5, 0.6) is 0 Å². The molecule has 156 valence electrons. The summed E-state index contributed by atoms with van der Waals surface area (Å²) in [6.07, 6.45) is 14.9. The lowest BCUT2D eigenvalue weighted by Gasteiger charge is -2.42. The molecule has 0 heterocycles. The lowest BCUT2D eigenvalue weighted by molar-refractivity contribution is -0.213. The lowest BCUT2D eigenvalue weighted by Crippen LogP contribution is -2.41. The Kier molecular flexibility index (Phi) is 7.41. The summed E-state index contributed by atoms with van der Waals surface area (Å²) in [4.78, 5) is 0. The molecule has 3 atom stereocenters. The van der Waals surface area contributed by atoms with Crippen LogP contribution >= 0.6 is 0 Å². The van der Waals surface area contributed by atoms with Crippen LogP contribution in [0.2, 0.25) is 0 Å². The molecule has 27 heavy (non-hydrogen) atoms. The van der Waals surface area contributed by atoms with Gasteiger partial charge in [0.2, 0.25) is 0 Å². The van der Waals surface area contributed by atoms with Gasteiger partial charge in [-0.2, -0.15) is 0 Å². The van der Waals surface area contributed by atoms with E-state index in [1.165, 1.54) is 31.3 Å². The molecule has 0 aliphatic heterocycles. The average molecular weight is 377 g/mol. The van der Waals surface area contributed by atoms with E-state index in [0.717, 1.165) is 25.7 Å². The zero-order valence-corrected chi connectivity index (χ0v) is 19.0. The van der Waals surface area contributed by atoms with Crippen LogP contribution in [0.1, 0.15) is 99.8 Å². The highest BCUT2D eigenvalue weighted by atomic mass is 16.6. The number of aliphatic hydroxyl groups excluding tert-OH is 1. The fourth-order valence-corrected chi connectivity index (χ4v) is 4.88. The van der Waals surface area contributed by atoms with E-state index in [1.54, 1.807) is 0 Å². The summed E-state index contributed by atoms with van der Waals surface area (Å²) in [5.74, 6) is 0.590. The van der Waals surface area contributed by atoms with Crippen molar-refractivity contribution in [2.45, 2.75) is 112 Å². The van der Waals surface area contributed by atoms with Gasteiger partial charge in [0.15, 0.2) is 6.29 Å². The molecule has 0 saturated heterocycles. The maximum Gasteiger partial charge on any atom is 0.161 e. The Hall–Kier alpha value is -0.600. The first-order chi connectivity index (χ1) is 12.5. The van der Waals surface area contributed by atoms with Crippen molar-refractivity contribution in [2.75, 3.05) is 0 Å². The number of rotatable bonds is 6. The smallest absolute Gasteiger partial charge is 0.161 e. The molecule has 0 radical (unpaired) electrons. The van der Waals surface area contributed by atoms with Crippen LogP contribution in [-0.2, 0) is 4.74 Å². The van der Waals surface area contributed by atoms with Gasteiger partial charge >= 0.3 is 0 Å². The zero-order valence-electron chi connectivity index (χ0n) is 19.0. The molecular weight excluding hydrogens is 332 g/mol. The van der Waals surface area contributed by atoms with Gasteiger partial charge in [0.05, 0.1) is 5.60 Å². The van der Waals surface area contributed by atoms with Crippen molar-refractivity contribution in [1.29, 1.82) is 0 Å². The molecule has 3 unspecified atom stereocenters. The fourth-order valence-electron chi connectivity index (χ4n) is 4.88. The molecule has 0 amide bonds. The van der Waals surface area contributed by atoms with E-state index in [1.807, 2.05) is 0 Å². The van der Waals surface area contributed by atoms with E-state index in [2.05, 4.69) is 66.7 Å². The summed E-state index contributed by atoms with van der Waals surface area (Å²) < 4.78 is 6.36. The topological polar surface area (TPSA) is 29.5 Å². The van der Waals surface area contributed by atoms with Gasteiger partial charge in [-0.25, -0.2) is 0 Å². The predicted molar refractivity (Wildman–Crippen MR) is 116 cm³/mol. The van der Waals surface area contributed by atoms with E-state index >= 15 is 0 Å². The van der Waals surface area contributed by atoms with Crippen LogP contribution in [0.15, 0.2) is 23.8 Å². The Labute approximate surface area is 168 Å². The second kappa shape index (κ2) is 8.82. The van der Waals surface area contributed by atoms with Crippen molar-refractivity contribution in [3.05, 3.63) is 23.8 Å². The van der Waals surface area contributed by atoms with Crippen LogP contribution < -0.4 is 0 Å². The number of hydrogen-bond acceptors (Lipinski definition) is 2. The van der Waals surface area contributed by atoms with E-state index in [9.17, 15) is 5.11 Å². The van der Waals surface area contributed by atoms with Crippen LogP contribution in [0.3, 0.4) is 0 Å². The molecule has 2 aliphatic carbocycles. The summed E-state index contributed by atoms with van der Waals surface area (Å²) in [5, 5.41) is 11.0. The zero-order chi connectivity index (χ0) is 20.3. The number of aliphatic hydroxyl groups is 1. The van der Waals surface area contributed by atoms with E-state index in [4.69, 9.17) is 4.74 Å². The summed E-state index contributed by atoms with van der Waals surface area (Å²) in [6, 6.07) is 0. The van der Waals surface area contributed by atoms with Crippen LogP contribution in [0.25, 0.3) is 0 Å². The number of hydrogen-bond donors (Lipinski definition) is 1. The molecule has 2 nitrogen and oxygen atoms in total. The molecule has 0 spiro atoms. The van der Waals surface area contributed by atoms with Crippen molar-refractivity contribution >= 4 is 0 Å². The number of allylic oxidation sites excluding steroid dienone is 3. The largest absolute Gasteiger partial charge is 0.367 e. The van der Waals surface area contributed by atoms with Crippen molar-refractivity contribution in [3.8, 4) is 0 Å². The molecule has 1 N–H and O–H groups in total. The molecule has 1 fully saturated rings. The second-order valence-electron chi connectivity index (χ2n) is 11.3. The molecule has 2 rings (SSSR count). The Morgan fingerprint density at radius 2 is 1.74 bits per heavy atom. The highest BCUT2D eigenvalue weighted by Crippen LogP contribution is 2.44. The van der Waals surface area contributed by atoms with Gasteiger partial charge in [-0.05, 0) is 48.9 Å². The maximum absolute atomic E-state index is 11.0. The minimum absolute atomic E-state index is 0.0696. The normalized spacial score (nSPS) is 25.8. The van der Waals surface area contributed by atoms with Gasteiger partial charge in [-0.1, -0.05) is 91.5 Å². The molecule has 2 aliphatic rings. The number of ether oxygens (including phenoxy) is 1. The Morgan fingerprint density at radius 3 is 2.26 bits per heavy atom. The van der Waals surface area contributed by atoms with Crippen molar-refractivity contribution in [2.24, 2.45) is 22.7 Å². The fraction of sp³-hybridized carbons (Fsp3) is 0.840. The third-order valence-corrected chi connectivity index (χ3v) is 6.60. The van der Waals surface area contributed by atoms with E-state index in [0.29, 0.717) is 11.3 Å². The minimum Gasteiger partial charge on any atom is -0.367 e. The van der Waals surface area contributed by atoms with Crippen molar-refractivity contribution in [1.82, 2.24) is 0 Å². The standard InChI is InChI=1S/C25H44O2/c1-8-25(15-10-9-11-16-25)27-22(26)20-14-12-13-19(17-20)21(24(5,6)7)18-23(2,3)4/h12-14,20-22,26H,8-11,15-18H2,1-7H3. The van der Waals surface area contributed by atoms with Gasteiger partial charge in [0.25, 0.3) is 0 Å². The van der Waals surface area contributed by atoms with Crippen LogP contribution in [-0.4, -0.2) is 17.0 Å². The van der Waals surface area contributed by atoms with Gasteiger partial charge in [-0.3, -0.25) is 0 Å². The SMILES string of the molecule is CCC1(OC(O)C2C=CC=C(C(CC(C)(C)C)C(C)(C)C)C2)CCCCC1. The highest BCUT2D eigenvalue weighted by Gasteiger charge is 2.38. The van der Waals surface area contributed by atoms with E-state index in [-0.39, 0.29) is 16.9 Å². The maximum atomic E-state index is 11.0. The lowest BCUT2D eigenvalue weighted by atomic mass is 9.66. The Morgan fingerprint density at radius 1 is 1.11 bits per heavy atom. The molecule has 0 bridgehead atoms.